The molecule has 0 unspecified atom stereocenters. The number of hydrogen-bond donors (Lipinski definition) is 1. The molecule has 0 fully saturated rings. The number of hydrogen-bond acceptors (Lipinski definition) is 3. The van der Waals surface area contributed by atoms with Crippen LogP contribution >= 0.6 is 15.9 Å². The van der Waals surface area contributed by atoms with Crippen molar-refractivity contribution in [3.63, 3.8) is 0 Å². The topological polar surface area (TPSA) is 53.1 Å². The first-order valence-corrected chi connectivity index (χ1v) is 7.01. The lowest BCUT2D eigenvalue weighted by atomic mass is 10.1. The number of halogens is 1. The smallest absolute Gasteiger partial charge is 0.124 e. The molecular formula is C14H18BrN3O. The van der Waals surface area contributed by atoms with Crippen LogP contribution in [-0.2, 0) is 13.5 Å². The van der Waals surface area contributed by atoms with Crippen LogP contribution in [0.5, 0.6) is 5.75 Å². The first kappa shape index (κ1) is 14.1. The van der Waals surface area contributed by atoms with E-state index in [0.717, 1.165) is 28.0 Å². The first-order chi connectivity index (χ1) is 9.08. The van der Waals surface area contributed by atoms with Crippen molar-refractivity contribution in [3.8, 4) is 5.75 Å². The molecule has 0 aliphatic carbocycles. The number of imidazole rings is 1. The van der Waals surface area contributed by atoms with Gasteiger partial charge in [0.05, 0.1) is 6.61 Å². The lowest BCUT2D eigenvalue weighted by Crippen LogP contribution is -2.11. The summed E-state index contributed by atoms with van der Waals surface area (Å²) in [5.41, 5.74) is 6.97. The summed E-state index contributed by atoms with van der Waals surface area (Å²) in [6.07, 6.45) is 4.50. The number of rotatable bonds is 5. The highest BCUT2D eigenvalue weighted by atomic mass is 79.9. The molecule has 2 rings (SSSR count). The van der Waals surface area contributed by atoms with E-state index in [1.165, 1.54) is 0 Å². The molecule has 0 aliphatic heterocycles. The Labute approximate surface area is 121 Å². The molecule has 5 heteroatoms. The molecule has 0 saturated heterocycles. The molecule has 0 spiro atoms. The third-order valence-electron chi connectivity index (χ3n) is 2.97. The molecule has 0 amide bonds. The maximum absolute atomic E-state index is 5.96. The molecule has 2 aromatic rings. The van der Waals surface area contributed by atoms with E-state index in [0.29, 0.717) is 6.61 Å². The molecule has 4 nitrogen and oxygen atoms in total. The van der Waals surface area contributed by atoms with Gasteiger partial charge in [-0.3, -0.25) is 0 Å². The number of nitrogens with two attached hydrogens (primary N) is 1. The van der Waals surface area contributed by atoms with Gasteiger partial charge < -0.3 is 15.0 Å². The lowest BCUT2D eigenvalue weighted by Gasteiger charge is -2.14. The van der Waals surface area contributed by atoms with Crippen LogP contribution in [-0.4, -0.2) is 16.2 Å². The number of benzene rings is 1. The standard InChI is InChI=1S/C14H18BrN3O/c1-10(16)12-9-11(15)3-4-13(12)19-8-5-14-17-6-7-18(14)2/h3-4,6-7,9-10H,5,8,16H2,1-2H3/t10-/m0/s1. The fourth-order valence-corrected chi connectivity index (χ4v) is 2.28. The van der Waals surface area contributed by atoms with Gasteiger partial charge in [-0.05, 0) is 25.1 Å². The number of ether oxygens (including phenoxy) is 1. The minimum atomic E-state index is -0.0549. The van der Waals surface area contributed by atoms with Gasteiger partial charge in [0, 0.05) is 41.9 Å². The van der Waals surface area contributed by atoms with Gasteiger partial charge in [0.1, 0.15) is 11.6 Å². The van der Waals surface area contributed by atoms with Crippen molar-refractivity contribution >= 4 is 15.9 Å². The molecule has 0 bridgehead atoms. The number of aromatic nitrogens is 2. The largest absolute Gasteiger partial charge is 0.493 e. The Balaban J connectivity index is 2.01. The Kier molecular flexibility index (Phi) is 4.61. The zero-order valence-electron chi connectivity index (χ0n) is 11.1. The second kappa shape index (κ2) is 6.21. The summed E-state index contributed by atoms with van der Waals surface area (Å²) in [5, 5.41) is 0. The molecule has 1 heterocycles. The SMILES string of the molecule is C[C@H](N)c1cc(Br)ccc1OCCc1nccn1C. The van der Waals surface area contributed by atoms with Gasteiger partial charge in [0.25, 0.3) is 0 Å². The molecule has 1 aromatic carbocycles. The van der Waals surface area contributed by atoms with Crippen molar-refractivity contribution in [3.05, 3.63) is 46.5 Å². The number of aryl methyl sites for hydroxylation is 1. The number of nitrogens with zero attached hydrogens (tertiary/aromatic N) is 2. The van der Waals surface area contributed by atoms with Crippen molar-refractivity contribution in [1.82, 2.24) is 9.55 Å². The second-order valence-corrected chi connectivity index (χ2v) is 5.44. The average Bonchev–Trinajstić information content (AvgIpc) is 2.77. The lowest BCUT2D eigenvalue weighted by molar-refractivity contribution is 0.313. The van der Waals surface area contributed by atoms with Crippen LogP contribution in [0.4, 0.5) is 0 Å². The normalized spacial score (nSPS) is 12.4. The molecule has 0 saturated carbocycles. The molecule has 102 valence electrons. The predicted molar refractivity (Wildman–Crippen MR) is 79.2 cm³/mol. The van der Waals surface area contributed by atoms with Crippen molar-refractivity contribution in [2.75, 3.05) is 6.61 Å². The second-order valence-electron chi connectivity index (χ2n) is 4.52. The molecule has 19 heavy (non-hydrogen) atoms. The van der Waals surface area contributed by atoms with Crippen LogP contribution in [0.2, 0.25) is 0 Å². The minimum Gasteiger partial charge on any atom is -0.493 e. The Morgan fingerprint density at radius 1 is 1.47 bits per heavy atom. The van der Waals surface area contributed by atoms with Gasteiger partial charge in [-0.2, -0.15) is 0 Å². The van der Waals surface area contributed by atoms with E-state index < -0.39 is 0 Å². The first-order valence-electron chi connectivity index (χ1n) is 6.22. The third kappa shape index (κ3) is 3.58. The summed E-state index contributed by atoms with van der Waals surface area (Å²) in [7, 11) is 1.98. The summed E-state index contributed by atoms with van der Waals surface area (Å²) in [5.74, 6) is 1.85. The predicted octanol–water partition coefficient (Wildman–Crippen LogP) is 2.82. The Bertz CT molecular complexity index is 551. The Morgan fingerprint density at radius 2 is 2.26 bits per heavy atom. The van der Waals surface area contributed by atoms with E-state index in [-0.39, 0.29) is 6.04 Å². The van der Waals surface area contributed by atoms with Gasteiger partial charge in [0.2, 0.25) is 0 Å². The highest BCUT2D eigenvalue weighted by Gasteiger charge is 2.09. The highest BCUT2D eigenvalue weighted by molar-refractivity contribution is 9.10. The van der Waals surface area contributed by atoms with Crippen molar-refractivity contribution in [2.24, 2.45) is 12.8 Å². The zero-order chi connectivity index (χ0) is 13.8. The van der Waals surface area contributed by atoms with Crippen molar-refractivity contribution in [2.45, 2.75) is 19.4 Å². The van der Waals surface area contributed by atoms with Crippen molar-refractivity contribution in [1.29, 1.82) is 0 Å². The minimum absolute atomic E-state index is 0.0549. The quantitative estimate of drug-likeness (QED) is 0.920. The van der Waals surface area contributed by atoms with Crippen molar-refractivity contribution < 1.29 is 4.74 Å². The van der Waals surface area contributed by atoms with Crippen LogP contribution in [0.1, 0.15) is 24.4 Å². The van der Waals surface area contributed by atoms with Gasteiger partial charge in [-0.15, -0.1) is 0 Å². The fraction of sp³-hybridized carbons (Fsp3) is 0.357. The molecule has 1 atom stereocenters. The summed E-state index contributed by atoms with van der Waals surface area (Å²) < 4.78 is 8.84. The van der Waals surface area contributed by atoms with Gasteiger partial charge in [-0.1, -0.05) is 15.9 Å². The van der Waals surface area contributed by atoms with Crippen LogP contribution in [0, 0.1) is 0 Å². The van der Waals surface area contributed by atoms with Crippen LogP contribution < -0.4 is 10.5 Å². The third-order valence-corrected chi connectivity index (χ3v) is 3.46. The summed E-state index contributed by atoms with van der Waals surface area (Å²) in [6.45, 7) is 2.54. The van der Waals surface area contributed by atoms with Crippen LogP contribution in [0.15, 0.2) is 35.1 Å². The molecule has 0 radical (unpaired) electrons. The fourth-order valence-electron chi connectivity index (χ4n) is 1.90. The van der Waals surface area contributed by atoms with Crippen LogP contribution in [0.3, 0.4) is 0 Å². The van der Waals surface area contributed by atoms with E-state index in [9.17, 15) is 0 Å². The maximum Gasteiger partial charge on any atom is 0.124 e. The van der Waals surface area contributed by atoms with Gasteiger partial charge >= 0.3 is 0 Å². The summed E-state index contributed by atoms with van der Waals surface area (Å²) >= 11 is 3.45. The van der Waals surface area contributed by atoms with Gasteiger partial charge in [0.15, 0.2) is 0 Å². The van der Waals surface area contributed by atoms with E-state index >= 15 is 0 Å². The van der Waals surface area contributed by atoms with E-state index in [4.69, 9.17) is 10.5 Å². The Hall–Kier alpha value is -1.33. The zero-order valence-corrected chi connectivity index (χ0v) is 12.7. The monoisotopic (exact) mass is 323 g/mol. The maximum atomic E-state index is 5.96. The van der Waals surface area contributed by atoms with Crippen LogP contribution in [0.25, 0.3) is 0 Å². The highest BCUT2D eigenvalue weighted by Crippen LogP contribution is 2.27. The average molecular weight is 324 g/mol. The summed E-state index contributed by atoms with van der Waals surface area (Å²) in [6, 6.07) is 5.85. The van der Waals surface area contributed by atoms with E-state index in [1.807, 2.05) is 42.9 Å². The molecule has 0 aliphatic rings. The van der Waals surface area contributed by atoms with Gasteiger partial charge in [-0.25, -0.2) is 4.98 Å². The summed E-state index contributed by atoms with van der Waals surface area (Å²) in [4.78, 5) is 4.27. The van der Waals surface area contributed by atoms with E-state index in [2.05, 4.69) is 20.9 Å². The Morgan fingerprint density at radius 3 is 2.89 bits per heavy atom. The molecule has 2 N–H and O–H groups in total. The molecule has 1 aromatic heterocycles. The van der Waals surface area contributed by atoms with E-state index in [1.54, 1.807) is 6.20 Å². The molecular weight excluding hydrogens is 306 g/mol.